The summed E-state index contributed by atoms with van der Waals surface area (Å²) in [6.07, 6.45) is 4.47. The lowest BCUT2D eigenvalue weighted by molar-refractivity contribution is -0.121. The van der Waals surface area contributed by atoms with Gasteiger partial charge in [0.2, 0.25) is 0 Å². The van der Waals surface area contributed by atoms with Gasteiger partial charge in [-0.05, 0) is 23.6 Å². The molecule has 0 aromatic heterocycles. The van der Waals surface area contributed by atoms with Crippen LogP contribution in [0.3, 0.4) is 0 Å². The molecule has 0 N–H and O–H groups in total. The van der Waals surface area contributed by atoms with E-state index >= 15 is 0 Å². The number of hydrogen-bond donors (Lipinski definition) is 0. The van der Waals surface area contributed by atoms with E-state index in [1.165, 1.54) is 5.56 Å². The van der Waals surface area contributed by atoms with Crippen LogP contribution < -0.4 is 0 Å². The fraction of sp³-hybridized carbons (Fsp3) is 0.286. The number of nitrogens with zero attached hydrogens (tertiary/aromatic N) is 1. The Hall–Kier alpha value is -1.13. The summed E-state index contributed by atoms with van der Waals surface area (Å²) in [7, 11) is 0. The van der Waals surface area contributed by atoms with Crippen LogP contribution >= 0.6 is 24.0 Å². The molecule has 1 aliphatic rings. The second-order valence-electron chi connectivity index (χ2n) is 4.03. The molecule has 94 valence electrons. The minimum Gasteiger partial charge on any atom is -0.293 e. The Morgan fingerprint density at radius 3 is 2.72 bits per heavy atom. The van der Waals surface area contributed by atoms with E-state index < -0.39 is 0 Å². The van der Waals surface area contributed by atoms with Crippen LogP contribution in [0.1, 0.15) is 18.1 Å². The van der Waals surface area contributed by atoms with Gasteiger partial charge in [-0.3, -0.25) is 9.69 Å². The second-order valence-corrected chi connectivity index (χ2v) is 5.76. The molecule has 18 heavy (non-hydrogen) atoms. The van der Waals surface area contributed by atoms with E-state index in [-0.39, 0.29) is 5.91 Å². The molecule has 0 unspecified atom stereocenters. The predicted molar refractivity (Wildman–Crippen MR) is 81.6 cm³/mol. The monoisotopic (exact) mass is 277 g/mol. The smallest absolute Gasteiger partial charge is 0.252 e. The SMILES string of the molecule is CCc1ccc(/C=C/C(=O)N2CCSC2=S)cc1. The third kappa shape index (κ3) is 3.21. The predicted octanol–water partition coefficient (Wildman–Crippen LogP) is 3.12. The highest BCUT2D eigenvalue weighted by Gasteiger charge is 2.21. The highest BCUT2D eigenvalue weighted by Crippen LogP contribution is 2.18. The number of benzene rings is 1. The first kappa shape index (κ1) is 13.3. The van der Waals surface area contributed by atoms with Gasteiger partial charge >= 0.3 is 0 Å². The van der Waals surface area contributed by atoms with Crippen molar-refractivity contribution in [3.63, 3.8) is 0 Å². The lowest BCUT2D eigenvalue weighted by Gasteiger charge is -2.11. The molecule has 4 heteroatoms. The highest BCUT2D eigenvalue weighted by molar-refractivity contribution is 8.23. The molecule has 1 aliphatic heterocycles. The van der Waals surface area contributed by atoms with Crippen molar-refractivity contribution >= 4 is 40.3 Å². The van der Waals surface area contributed by atoms with Crippen molar-refractivity contribution < 1.29 is 4.79 Å². The van der Waals surface area contributed by atoms with E-state index in [0.717, 1.165) is 24.3 Å². The first-order valence-electron chi connectivity index (χ1n) is 5.96. The van der Waals surface area contributed by atoms with Crippen LogP contribution in [0.2, 0.25) is 0 Å². The summed E-state index contributed by atoms with van der Waals surface area (Å²) in [5, 5.41) is 0. The van der Waals surface area contributed by atoms with Gasteiger partial charge in [-0.1, -0.05) is 55.2 Å². The molecule has 1 fully saturated rings. The molecule has 2 rings (SSSR count). The Morgan fingerprint density at radius 1 is 1.44 bits per heavy atom. The van der Waals surface area contributed by atoms with E-state index in [0.29, 0.717) is 4.32 Å². The lowest BCUT2D eigenvalue weighted by atomic mass is 10.1. The molecule has 0 atom stereocenters. The number of thiocarbonyl (C=S) groups is 1. The Morgan fingerprint density at radius 2 is 2.17 bits per heavy atom. The van der Waals surface area contributed by atoms with Crippen LogP contribution in [0, 0.1) is 0 Å². The normalized spacial score (nSPS) is 15.6. The number of rotatable bonds is 3. The van der Waals surface area contributed by atoms with E-state index in [4.69, 9.17) is 12.2 Å². The molecule has 1 aromatic carbocycles. The third-order valence-corrected chi connectivity index (χ3v) is 4.26. The largest absolute Gasteiger partial charge is 0.293 e. The molecule has 1 saturated heterocycles. The highest BCUT2D eigenvalue weighted by atomic mass is 32.2. The quantitative estimate of drug-likeness (QED) is 0.625. The van der Waals surface area contributed by atoms with Gasteiger partial charge in [-0.25, -0.2) is 0 Å². The first-order valence-corrected chi connectivity index (χ1v) is 7.35. The average molecular weight is 277 g/mol. The standard InChI is InChI=1S/C14H15NOS2/c1-2-11-3-5-12(6-4-11)7-8-13(16)15-9-10-18-14(15)17/h3-8H,2,9-10H2,1H3/b8-7+. The molecule has 1 aromatic rings. The molecule has 1 amide bonds. The van der Waals surface area contributed by atoms with Crippen molar-refractivity contribution in [2.75, 3.05) is 12.3 Å². The van der Waals surface area contributed by atoms with Crippen LogP contribution in [0.15, 0.2) is 30.3 Å². The Kier molecular flexibility index (Phi) is 4.55. The summed E-state index contributed by atoms with van der Waals surface area (Å²) in [5.41, 5.74) is 2.34. The third-order valence-electron chi connectivity index (χ3n) is 2.83. The minimum atomic E-state index is -0.0235. The van der Waals surface area contributed by atoms with Gasteiger partial charge < -0.3 is 0 Å². The maximum Gasteiger partial charge on any atom is 0.252 e. The molecule has 0 bridgehead atoms. The Bertz CT molecular complexity index is 479. The van der Waals surface area contributed by atoms with Crippen molar-refractivity contribution in [1.29, 1.82) is 0 Å². The van der Waals surface area contributed by atoms with Crippen LogP contribution in [0.4, 0.5) is 0 Å². The molecule has 0 spiro atoms. The minimum absolute atomic E-state index is 0.0235. The summed E-state index contributed by atoms with van der Waals surface area (Å²) in [6, 6.07) is 8.22. The Labute approximate surface area is 117 Å². The summed E-state index contributed by atoms with van der Waals surface area (Å²) in [4.78, 5) is 13.5. The summed E-state index contributed by atoms with van der Waals surface area (Å²) in [5.74, 6) is 0.883. The van der Waals surface area contributed by atoms with E-state index in [1.54, 1.807) is 22.7 Å². The lowest BCUT2D eigenvalue weighted by Crippen LogP contribution is -2.28. The molecular formula is C14H15NOS2. The van der Waals surface area contributed by atoms with E-state index in [1.807, 2.05) is 18.2 Å². The number of aryl methyl sites for hydroxylation is 1. The summed E-state index contributed by atoms with van der Waals surface area (Å²) in [6.45, 7) is 2.85. The fourth-order valence-corrected chi connectivity index (χ4v) is 2.93. The average Bonchev–Trinajstić information content (AvgIpc) is 2.83. The van der Waals surface area contributed by atoms with Crippen LogP contribution in [-0.2, 0) is 11.2 Å². The van der Waals surface area contributed by atoms with Crippen molar-refractivity contribution in [3.8, 4) is 0 Å². The summed E-state index contributed by atoms with van der Waals surface area (Å²) < 4.78 is 0.686. The second kappa shape index (κ2) is 6.16. The van der Waals surface area contributed by atoms with E-state index in [2.05, 4.69) is 19.1 Å². The number of thioether (sulfide) groups is 1. The number of carbonyl (C=O) groups is 1. The van der Waals surface area contributed by atoms with Crippen LogP contribution in [-0.4, -0.2) is 27.4 Å². The molecule has 1 heterocycles. The van der Waals surface area contributed by atoms with Gasteiger partial charge in [0.15, 0.2) is 0 Å². The van der Waals surface area contributed by atoms with Gasteiger partial charge in [-0.2, -0.15) is 0 Å². The molecule has 0 radical (unpaired) electrons. The number of hydrogen-bond acceptors (Lipinski definition) is 3. The topological polar surface area (TPSA) is 20.3 Å². The zero-order chi connectivity index (χ0) is 13.0. The molecule has 0 saturated carbocycles. The Balaban J connectivity index is 2.01. The maximum absolute atomic E-state index is 11.9. The number of carbonyl (C=O) groups excluding carboxylic acids is 1. The van der Waals surface area contributed by atoms with Crippen molar-refractivity contribution in [1.82, 2.24) is 4.90 Å². The van der Waals surface area contributed by atoms with Gasteiger partial charge in [0, 0.05) is 18.4 Å². The van der Waals surface area contributed by atoms with Gasteiger partial charge in [0.05, 0.1) is 0 Å². The molecule has 2 nitrogen and oxygen atoms in total. The maximum atomic E-state index is 11.9. The molecular weight excluding hydrogens is 262 g/mol. The zero-order valence-electron chi connectivity index (χ0n) is 10.3. The summed E-state index contributed by atoms with van der Waals surface area (Å²) >= 11 is 6.68. The van der Waals surface area contributed by atoms with Crippen molar-refractivity contribution in [3.05, 3.63) is 41.5 Å². The van der Waals surface area contributed by atoms with Crippen molar-refractivity contribution in [2.24, 2.45) is 0 Å². The van der Waals surface area contributed by atoms with Crippen LogP contribution in [0.5, 0.6) is 0 Å². The van der Waals surface area contributed by atoms with Gasteiger partial charge in [0.25, 0.3) is 5.91 Å². The zero-order valence-corrected chi connectivity index (χ0v) is 11.9. The number of amides is 1. The fourth-order valence-electron chi connectivity index (χ4n) is 1.72. The van der Waals surface area contributed by atoms with Crippen LogP contribution in [0.25, 0.3) is 6.08 Å². The van der Waals surface area contributed by atoms with Gasteiger partial charge in [-0.15, -0.1) is 0 Å². The van der Waals surface area contributed by atoms with E-state index in [9.17, 15) is 4.79 Å². The first-order chi connectivity index (χ1) is 8.70. The van der Waals surface area contributed by atoms with Gasteiger partial charge in [0.1, 0.15) is 4.32 Å². The van der Waals surface area contributed by atoms with Crippen molar-refractivity contribution in [2.45, 2.75) is 13.3 Å². The molecule has 0 aliphatic carbocycles.